The third-order valence-electron chi connectivity index (χ3n) is 3.74. The second-order valence-electron chi connectivity index (χ2n) is 5.65. The monoisotopic (exact) mass is 283 g/mol. The molecule has 5 heteroatoms. The second-order valence-corrected chi connectivity index (χ2v) is 7.23. The maximum absolute atomic E-state index is 5.68. The number of nitrogens with zero attached hydrogens (tertiary/aromatic N) is 3. The summed E-state index contributed by atoms with van der Waals surface area (Å²) in [5, 5.41) is 9.07. The maximum atomic E-state index is 5.68. The molecule has 0 bridgehead atoms. The Labute approximate surface area is 120 Å². The first-order valence-corrected chi connectivity index (χ1v) is 8.29. The molecule has 1 saturated carbocycles. The minimum Gasteiger partial charge on any atom is -0.424 e. The smallest absolute Gasteiger partial charge is 0.230 e. The standard InChI is InChI=1S/C14H25N3OS/c1-5-19-12-7-6-11(8-12)17(4)9-13-15-16-14(18-13)10(2)3/h10-12H,5-9H2,1-4H3. The highest BCUT2D eigenvalue weighted by molar-refractivity contribution is 7.99. The van der Waals surface area contributed by atoms with Gasteiger partial charge in [-0.05, 0) is 32.1 Å². The Hall–Kier alpha value is -0.550. The van der Waals surface area contributed by atoms with Gasteiger partial charge in [-0.2, -0.15) is 11.8 Å². The van der Waals surface area contributed by atoms with E-state index in [2.05, 4.69) is 54.7 Å². The number of thioether (sulfide) groups is 1. The zero-order valence-electron chi connectivity index (χ0n) is 12.4. The second kappa shape index (κ2) is 6.75. The predicted octanol–water partition coefficient (Wildman–Crippen LogP) is 3.30. The van der Waals surface area contributed by atoms with Crippen molar-refractivity contribution in [1.29, 1.82) is 0 Å². The zero-order valence-corrected chi connectivity index (χ0v) is 13.2. The number of hydrogen-bond acceptors (Lipinski definition) is 5. The van der Waals surface area contributed by atoms with E-state index < -0.39 is 0 Å². The molecule has 2 unspecified atom stereocenters. The van der Waals surface area contributed by atoms with Crippen molar-refractivity contribution in [3.63, 3.8) is 0 Å². The van der Waals surface area contributed by atoms with E-state index in [4.69, 9.17) is 4.42 Å². The van der Waals surface area contributed by atoms with Crippen molar-refractivity contribution in [3.8, 4) is 0 Å². The van der Waals surface area contributed by atoms with Gasteiger partial charge < -0.3 is 4.42 Å². The molecule has 0 saturated heterocycles. The lowest BCUT2D eigenvalue weighted by Crippen LogP contribution is -2.29. The van der Waals surface area contributed by atoms with Crippen molar-refractivity contribution < 1.29 is 4.42 Å². The van der Waals surface area contributed by atoms with Crippen LogP contribution >= 0.6 is 11.8 Å². The van der Waals surface area contributed by atoms with Gasteiger partial charge >= 0.3 is 0 Å². The molecule has 0 aliphatic heterocycles. The first-order valence-electron chi connectivity index (χ1n) is 7.24. The molecule has 1 aromatic heterocycles. The lowest BCUT2D eigenvalue weighted by molar-refractivity contribution is 0.213. The molecule has 1 aliphatic rings. The molecular formula is C14H25N3OS. The molecule has 0 spiro atoms. The van der Waals surface area contributed by atoms with Crippen molar-refractivity contribution in [2.45, 2.75) is 63.8 Å². The van der Waals surface area contributed by atoms with Gasteiger partial charge in [0.25, 0.3) is 0 Å². The lowest BCUT2D eigenvalue weighted by Gasteiger charge is -2.22. The molecule has 108 valence electrons. The van der Waals surface area contributed by atoms with Gasteiger partial charge in [0.2, 0.25) is 11.8 Å². The van der Waals surface area contributed by atoms with Gasteiger partial charge in [0, 0.05) is 17.2 Å². The summed E-state index contributed by atoms with van der Waals surface area (Å²) in [6, 6.07) is 0.665. The van der Waals surface area contributed by atoms with Crippen molar-refractivity contribution in [2.75, 3.05) is 12.8 Å². The summed E-state index contributed by atoms with van der Waals surface area (Å²) in [5.41, 5.74) is 0. The van der Waals surface area contributed by atoms with Crippen LogP contribution in [0.15, 0.2) is 4.42 Å². The first kappa shape index (κ1) is 14.9. The summed E-state index contributed by atoms with van der Waals surface area (Å²) in [6.45, 7) is 7.16. The molecule has 1 fully saturated rings. The maximum Gasteiger partial charge on any atom is 0.230 e. The van der Waals surface area contributed by atoms with Gasteiger partial charge in [0.1, 0.15) is 0 Å². The molecular weight excluding hydrogens is 258 g/mol. The highest BCUT2D eigenvalue weighted by Gasteiger charge is 2.28. The molecule has 1 aliphatic carbocycles. The third kappa shape index (κ3) is 3.96. The van der Waals surface area contributed by atoms with Crippen LogP contribution in [0.2, 0.25) is 0 Å². The molecule has 0 N–H and O–H groups in total. The molecule has 1 aromatic rings. The van der Waals surface area contributed by atoms with E-state index in [-0.39, 0.29) is 0 Å². The summed E-state index contributed by atoms with van der Waals surface area (Å²) < 4.78 is 5.68. The average molecular weight is 283 g/mol. The van der Waals surface area contributed by atoms with Crippen LogP contribution in [-0.4, -0.2) is 39.2 Å². The van der Waals surface area contributed by atoms with Crippen molar-refractivity contribution in [2.24, 2.45) is 0 Å². The summed E-state index contributed by atoms with van der Waals surface area (Å²) in [5.74, 6) is 3.03. The van der Waals surface area contributed by atoms with Crippen LogP contribution in [0.1, 0.15) is 57.7 Å². The number of hydrogen-bond donors (Lipinski definition) is 0. The van der Waals surface area contributed by atoms with E-state index in [1.165, 1.54) is 25.0 Å². The summed E-state index contributed by atoms with van der Waals surface area (Å²) >= 11 is 2.10. The van der Waals surface area contributed by atoms with E-state index in [0.717, 1.165) is 23.6 Å². The van der Waals surface area contributed by atoms with Gasteiger partial charge in [-0.25, -0.2) is 0 Å². The third-order valence-corrected chi connectivity index (χ3v) is 4.98. The fraction of sp³-hybridized carbons (Fsp3) is 0.857. The number of aromatic nitrogens is 2. The molecule has 2 atom stereocenters. The molecule has 0 aromatic carbocycles. The number of rotatable bonds is 6. The Kier molecular flexibility index (Phi) is 5.28. The SMILES string of the molecule is CCSC1CCC(N(C)Cc2nnc(C(C)C)o2)C1. The van der Waals surface area contributed by atoms with Gasteiger partial charge in [0.05, 0.1) is 6.54 Å². The quantitative estimate of drug-likeness (QED) is 0.801. The Morgan fingerprint density at radius 2 is 2.16 bits per heavy atom. The largest absolute Gasteiger partial charge is 0.424 e. The van der Waals surface area contributed by atoms with Gasteiger partial charge in [-0.3, -0.25) is 4.90 Å². The minimum atomic E-state index is 0.309. The predicted molar refractivity (Wildman–Crippen MR) is 79.4 cm³/mol. The van der Waals surface area contributed by atoms with Crippen LogP contribution in [0, 0.1) is 0 Å². The van der Waals surface area contributed by atoms with Crippen LogP contribution in [0.25, 0.3) is 0 Å². The summed E-state index contributed by atoms with van der Waals surface area (Å²) in [4.78, 5) is 2.37. The topological polar surface area (TPSA) is 42.2 Å². The van der Waals surface area contributed by atoms with E-state index in [1.54, 1.807) is 0 Å². The molecule has 1 heterocycles. The minimum absolute atomic E-state index is 0.309. The average Bonchev–Trinajstić information content (AvgIpc) is 2.98. The molecule has 0 radical (unpaired) electrons. The van der Waals surface area contributed by atoms with Crippen LogP contribution in [0.3, 0.4) is 0 Å². The summed E-state index contributed by atoms with van der Waals surface area (Å²) in [7, 11) is 2.17. The fourth-order valence-corrected chi connectivity index (χ4v) is 3.74. The van der Waals surface area contributed by atoms with Crippen LogP contribution < -0.4 is 0 Å². The molecule has 0 amide bonds. The molecule has 2 rings (SSSR count). The van der Waals surface area contributed by atoms with Crippen LogP contribution in [0.4, 0.5) is 0 Å². The summed E-state index contributed by atoms with van der Waals surface area (Å²) in [6.07, 6.45) is 3.92. The molecule has 19 heavy (non-hydrogen) atoms. The highest BCUT2D eigenvalue weighted by Crippen LogP contribution is 2.32. The normalized spacial score (nSPS) is 23.7. The first-order chi connectivity index (χ1) is 9.10. The van der Waals surface area contributed by atoms with E-state index >= 15 is 0 Å². The van der Waals surface area contributed by atoms with Crippen LogP contribution in [-0.2, 0) is 6.54 Å². The van der Waals surface area contributed by atoms with Gasteiger partial charge in [-0.15, -0.1) is 10.2 Å². The van der Waals surface area contributed by atoms with E-state index in [1.807, 2.05) is 0 Å². The van der Waals surface area contributed by atoms with Gasteiger partial charge in [-0.1, -0.05) is 20.8 Å². The Bertz CT molecular complexity index is 394. The Morgan fingerprint density at radius 1 is 1.37 bits per heavy atom. The van der Waals surface area contributed by atoms with Crippen molar-refractivity contribution in [3.05, 3.63) is 11.8 Å². The van der Waals surface area contributed by atoms with Crippen molar-refractivity contribution >= 4 is 11.8 Å². The van der Waals surface area contributed by atoms with E-state index in [9.17, 15) is 0 Å². The zero-order chi connectivity index (χ0) is 13.8. The van der Waals surface area contributed by atoms with Crippen LogP contribution in [0.5, 0.6) is 0 Å². The lowest BCUT2D eigenvalue weighted by atomic mass is 10.2. The Balaban J connectivity index is 1.85. The molecule has 4 nitrogen and oxygen atoms in total. The van der Waals surface area contributed by atoms with Crippen molar-refractivity contribution in [1.82, 2.24) is 15.1 Å². The fourth-order valence-electron chi connectivity index (χ4n) is 2.61. The van der Waals surface area contributed by atoms with Gasteiger partial charge in [0.15, 0.2) is 0 Å². The highest BCUT2D eigenvalue weighted by atomic mass is 32.2. The Morgan fingerprint density at radius 3 is 2.79 bits per heavy atom. The van der Waals surface area contributed by atoms with E-state index in [0.29, 0.717) is 12.0 Å².